The fourth-order valence-corrected chi connectivity index (χ4v) is 8.88. The highest BCUT2D eigenvalue weighted by atomic mass is 32.2. The van der Waals surface area contributed by atoms with Crippen LogP contribution < -0.4 is 4.90 Å². The van der Waals surface area contributed by atoms with Crippen molar-refractivity contribution in [3.8, 4) is 16.8 Å². The number of carbonyl (C=O) groups is 1. The number of anilines is 1. The van der Waals surface area contributed by atoms with Crippen molar-refractivity contribution in [2.45, 2.75) is 55.4 Å². The van der Waals surface area contributed by atoms with E-state index in [0.29, 0.717) is 79.2 Å². The normalized spacial score (nSPS) is 16.5. The zero-order valence-corrected chi connectivity index (χ0v) is 30.3. The molecule has 1 aliphatic carbocycles. The van der Waals surface area contributed by atoms with Crippen LogP contribution in [-0.4, -0.2) is 102 Å². The number of hydrogen-bond acceptors (Lipinski definition) is 11. The highest BCUT2D eigenvalue weighted by Crippen LogP contribution is 2.46. The molecule has 1 amide bonds. The highest BCUT2D eigenvalue weighted by molar-refractivity contribution is 7.89. The molecule has 0 radical (unpaired) electrons. The molecule has 0 atom stereocenters. The van der Waals surface area contributed by atoms with E-state index in [1.54, 1.807) is 47.1 Å². The smallest absolute Gasteiger partial charge is 0.291 e. The largest absolute Gasteiger partial charge is 0.366 e. The Hall–Kier alpha value is -3.89. The molecule has 3 aromatic heterocycles. The molecular weight excluding hydrogens is 693 g/mol. The maximum Gasteiger partial charge on any atom is 0.291 e. The lowest BCUT2D eigenvalue weighted by atomic mass is 10.1. The fraction of sp³-hybridized carbons (Fsp3) is 0.484. The number of ether oxygens (including phenoxy) is 1. The highest BCUT2D eigenvalue weighted by Gasteiger charge is 2.54. The second kappa shape index (κ2) is 13.4. The van der Waals surface area contributed by atoms with E-state index in [-0.39, 0.29) is 28.2 Å². The Morgan fingerprint density at radius 3 is 2.49 bits per heavy atom. The van der Waals surface area contributed by atoms with Crippen LogP contribution in [0.1, 0.15) is 34.8 Å². The molecule has 260 valence electrons. The number of nitrogens with zero attached hydrogens (tertiary/aromatic N) is 9. The van der Waals surface area contributed by atoms with Gasteiger partial charge in [-0.15, -0.1) is 10.2 Å². The van der Waals surface area contributed by atoms with Gasteiger partial charge in [0, 0.05) is 59.5 Å². The van der Waals surface area contributed by atoms with Gasteiger partial charge in [0.15, 0.2) is 10.0 Å². The first kappa shape index (κ1) is 35.0. The minimum atomic E-state index is -4.33. The number of rotatable bonds is 12. The van der Waals surface area contributed by atoms with Gasteiger partial charge >= 0.3 is 0 Å². The van der Waals surface area contributed by atoms with Gasteiger partial charge in [-0.25, -0.2) is 17.2 Å². The van der Waals surface area contributed by atoms with Crippen molar-refractivity contribution in [2.24, 2.45) is 7.05 Å². The molecule has 18 heteroatoms. The summed E-state index contributed by atoms with van der Waals surface area (Å²) in [7, 11) is -4.11. The van der Waals surface area contributed by atoms with Crippen LogP contribution >= 0.6 is 11.3 Å². The first-order chi connectivity index (χ1) is 23.2. The topological polar surface area (TPSA) is 150 Å². The van der Waals surface area contributed by atoms with Crippen molar-refractivity contribution < 1.29 is 26.7 Å². The van der Waals surface area contributed by atoms with Gasteiger partial charge in [-0.2, -0.15) is 14.7 Å². The number of hydrogen-bond donors (Lipinski definition) is 0. The lowest BCUT2D eigenvalue weighted by Gasteiger charge is -2.36. The molecule has 2 aliphatic rings. The summed E-state index contributed by atoms with van der Waals surface area (Å²) in [6, 6.07) is 11.2. The number of sulfonamides is 1. The predicted octanol–water partition coefficient (Wildman–Crippen LogP) is 4.75. The second-order valence-electron chi connectivity index (χ2n) is 13.4. The monoisotopic (exact) mass is 729 g/mol. The lowest BCUT2D eigenvalue weighted by molar-refractivity contribution is 0.0659. The predicted molar refractivity (Wildman–Crippen MR) is 183 cm³/mol. The number of amides is 1. The molecule has 1 aliphatic heterocycles. The molecule has 13 nitrogen and oxygen atoms in total. The van der Waals surface area contributed by atoms with Crippen molar-refractivity contribution in [3.05, 3.63) is 47.2 Å². The second-order valence-corrected chi connectivity index (χ2v) is 21.9. The number of halogens is 2. The zero-order chi connectivity index (χ0) is 35.1. The number of pyridine rings is 1. The fourth-order valence-electron chi connectivity index (χ4n) is 5.75. The average molecular weight is 730 g/mol. The standard InChI is InChI=1S/C31H37F2N9O4S2Si/c1-39-26-22(25(38-39)28-36-37-29(47-28)27(32)33)17-21(48(44,45)42(31(19-34)8-9-31)20-46-15-16-49(2,3)4)18-24(26)40-11-13-41(14-12-40)30(43)23-7-5-6-10-35-23/h5-7,10,17-18,27H,8-9,11-16,20H2,1-4H3. The summed E-state index contributed by atoms with van der Waals surface area (Å²) < 4.78 is 64.8. The summed E-state index contributed by atoms with van der Waals surface area (Å²) in [4.78, 5) is 20.9. The van der Waals surface area contributed by atoms with Gasteiger partial charge < -0.3 is 14.5 Å². The molecule has 6 rings (SSSR count). The van der Waals surface area contributed by atoms with Gasteiger partial charge in [-0.1, -0.05) is 37.0 Å². The first-order valence-corrected chi connectivity index (χ1v) is 21.8. The summed E-state index contributed by atoms with van der Waals surface area (Å²) >= 11 is 0.687. The molecular formula is C31H37F2N9O4S2Si. The minimum Gasteiger partial charge on any atom is -0.366 e. The number of piperazine rings is 1. The maximum absolute atomic E-state index is 14.6. The molecule has 0 spiro atoms. The zero-order valence-electron chi connectivity index (χ0n) is 27.6. The Balaban J connectivity index is 1.41. The van der Waals surface area contributed by atoms with E-state index in [9.17, 15) is 27.3 Å². The molecule has 1 saturated carbocycles. The third-order valence-corrected chi connectivity index (χ3v) is 13.2. The Kier molecular flexibility index (Phi) is 9.58. The third kappa shape index (κ3) is 7.08. The van der Waals surface area contributed by atoms with Crippen LogP contribution in [0, 0.1) is 11.3 Å². The van der Waals surface area contributed by atoms with Gasteiger partial charge in [0.1, 0.15) is 23.7 Å². The summed E-state index contributed by atoms with van der Waals surface area (Å²) in [5.41, 5.74) is 0.410. The van der Waals surface area contributed by atoms with E-state index in [1.165, 1.54) is 6.07 Å². The van der Waals surface area contributed by atoms with E-state index >= 15 is 0 Å². The van der Waals surface area contributed by atoms with Crippen molar-refractivity contribution in [1.29, 1.82) is 5.26 Å². The first-order valence-electron chi connectivity index (χ1n) is 15.8. The van der Waals surface area contributed by atoms with Gasteiger partial charge in [-0.05, 0) is 43.2 Å². The summed E-state index contributed by atoms with van der Waals surface area (Å²) in [5, 5.41) is 22.3. The molecule has 4 aromatic rings. The minimum absolute atomic E-state index is 0.0924. The Morgan fingerprint density at radius 2 is 1.90 bits per heavy atom. The van der Waals surface area contributed by atoms with Gasteiger partial charge in [-0.3, -0.25) is 14.5 Å². The summed E-state index contributed by atoms with van der Waals surface area (Å²) in [6.45, 7) is 8.11. The van der Waals surface area contributed by atoms with Crippen LogP contribution in [0.25, 0.3) is 21.6 Å². The third-order valence-electron chi connectivity index (χ3n) is 8.72. The molecule has 4 heterocycles. The number of benzene rings is 1. The van der Waals surface area contributed by atoms with Crippen LogP contribution in [0.5, 0.6) is 0 Å². The van der Waals surface area contributed by atoms with Crippen LogP contribution in [0.2, 0.25) is 25.7 Å². The molecule has 2 fully saturated rings. The van der Waals surface area contributed by atoms with Crippen molar-refractivity contribution in [1.82, 2.24) is 34.2 Å². The Labute approximate surface area is 288 Å². The molecule has 0 bridgehead atoms. The Morgan fingerprint density at radius 1 is 1.16 bits per heavy atom. The van der Waals surface area contributed by atoms with E-state index in [0.717, 1.165) is 10.3 Å². The van der Waals surface area contributed by atoms with Gasteiger partial charge in [0.05, 0.1) is 22.2 Å². The Bertz CT molecular complexity index is 2000. The molecule has 1 saturated heterocycles. The van der Waals surface area contributed by atoms with Crippen molar-refractivity contribution >= 4 is 51.9 Å². The van der Waals surface area contributed by atoms with Crippen LogP contribution in [0.4, 0.5) is 14.5 Å². The number of aryl methyl sites for hydroxylation is 1. The van der Waals surface area contributed by atoms with E-state index in [1.807, 2.05) is 4.90 Å². The van der Waals surface area contributed by atoms with E-state index in [4.69, 9.17) is 4.74 Å². The van der Waals surface area contributed by atoms with Crippen molar-refractivity contribution in [2.75, 3.05) is 44.4 Å². The number of carbonyl (C=O) groups excluding carboxylic acids is 1. The van der Waals surface area contributed by atoms with Gasteiger partial charge in [0.25, 0.3) is 12.3 Å². The summed E-state index contributed by atoms with van der Waals surface area (Å²) in [5.74, 6) is -0.202. The number of aromatic nitrogens is 5. The van der Waals surface area contributed by atoms with Gasteiger partial charge in [0.2, 0.25) is 10.0 Å². The number of nitriles is 1. The number of fused-ring (bicyclic) bond motifs is 1. The lowest BCUT2D eigenvalue weighted by Crippen LogP contribution is -2.49. The van der Waals surface area contributed by atoms with Crippen LogP contribution in [0.15, 0.2) is 41.4 Å². The quantitative estimate of drug-likeness (QED) is 0.114. The van der Waals surface area contributed by atoms with Crippen LogP contribution in [-0.2, 0) is 21.8 Å². The number of alkyl halides is 2. The SMILES string of the molecule is Cn1nc(-c2nnc(C(F)F)s2)c2cc(S(=O)(=O)N(COCC[Si](C)(C)C)C3(C#N)CC3)cc(N3CCN(C(=O)c4ccccn4)CC3)c21. The molecule has 1 aromatic carbocycles. The van der Waals surface area contributed by atoms with Crippen LogP contribution in [0.3, 0.4) is 0 Å². The van der Waals surface area contributed by atoms with Crippen molar-refractivity contribution in [3.63, 3.8) is 0 Å². The maximum atomic E-state index is 14.6. The van der Waals surface area contributed by atoms with E-state index < -0.39 is 35.1 Å². The molecule has 0 unspecified atom stereocenters. The van der Waals surface area contributed by atoms with E-state index in [2.05, 4.69) is 46.0 Å². The summed E-state index contributed by atoms with van der Waals surface area (Å²) in [6.07, 6.45) is -0.512. The molecule has 0 N–H and O–H groups in total. The average Bonchev–Trinajstić information content (AvgIpc) is 3.56. The molecule has 49 heavy (non-hydrogen) atoms.